The molecule has 138 valence electrons. The van der Waals surface area contributed by atoms with Crippen LogP contribution in [-0.2, 0) is 4.74 Å². The highest BCUT2D eigenvalue weighted by molar-refractivity contribution is 6.50. The summed E-state index contributed by atoms with van der Waals surface area (Å²) in [7, 11) is -6.00. The zero-order chi connectivity index (χ0) is 17.4. The third kappa shape index (κ3) is 6.83. The van der Waals surface area contributed by atoms with Gasteiger partial charge < -0.3 is 26.9 Å². The Morgan fingerprint density at radius 2 is 1.46 bits per heavy atom. The van der Waals surface area contributed by atoms with E-state index in [0.29, 0.717) is 0 Å². The highest BCUT2D eigenvalue weighted by Gasteiger charge is 2.23. The fourth-order valence-corrected chi connectivity index (χ4v) is 3.50. The molecule has 24 heavy (non-hydrogen) atoms. The van der Waals surface area contributed by atoms with Crippen LogP contribution in [0.2, 0.25) is 0 Å². The molecule has 1 saturated heterocycles. The van der Waals surface area contributed by atoms with E-state index in [1.165, 1.54) is 57.1 Å². The topological polar surface area (TPSA) is 24.8 Å². The van der Waals surface area contributed by atoms with Crippen LogP contribution in [0, 0.1) is 0 Å². The van der Waals surface area contributed by atoms with Crippen LogP contribution in [0.25, 0.3) is 0 Å². The maximum Gasteiger partial charge on any atom is 0.673 e. The summed E-state index contributed by atoms with van der Waals surface area (Å²) in [6.07, 6.45) is 10.4. The summed E-state index contributed by atoms with van der Waals surface area (Å²) in [5.41, 5.74) is 4.66. The molecular weight excluding hydrogens is 323 g/mol. The fourth-order valence-electron chi connectivity index (χ4n) is 3.50. The van der Waals surface area contributed by atoms with Gasteiger partial charge in [0.15, 0.2) is 0 Å². The number of hydrogen-bond donors (Lipinski definition) is 0. The molecule has 0 aromatic carbocycles. The Hall–Kier alpha value is -1.05. The van der Waals surface area contributed by atoms with E-state index >= 15 is 0 Å². The highest BCUT2D eigenvalue weighted by Crippen LogP contribution is 2.31. The van der Waals surface area contributed by atoms with Gasteiger partial charge in [0.1, 0.15) is 0 Å². The molecule has 3 rings (SSSR count). The second kappa shape index (κ2) is 9.44. The molecule has 0 radical (unpaired) electrons. The first kappa shape index (κ1) is 19.3. The Labute approximate surface area is 141 Å². The molecule has 8 heteroatoms. The molecule has 1 fully saturated rings. The lowest BCUT2D eigenvalue weighted by molar-refractivity contribution is 0.0509. The normalized spacial score (nSPS) is 23.2. The summed E-state index contributed by atoms with van der Waals surface area (Å²) in [6.45, 7) is 4.99. The van der Waals surface area contributed by atoms with Crippen molar-refractivity contribution < 1.29 is 22.0 Å². The van der Waals surface area contributed by atoms with Crippen LogP contribution in [0.3, 0.4) is 0 Å². The number of halogens is 4. The minimum atomic E-state index is -6.00. The van der Waals surface area contributed by atoms with Crippen molar-refractivity contribution in [3.05, 3.63) is 11.3 Å². The summed E-state index contributed by atoms with van der Waals surface area (Å²) in [6, 6.07) is 0. The first-order valence-electron chi connectivity index (χ1n) is 8.91. The molecule has 0 N–H and O–H groups in total. The van der Waals surface area contributed by atoms with Gasteiger partial charge in [-0.3, -0.25) is 4.99 Å². The Morgan fingerprint density at radius 3 is 2.17 bits per heavy atom. The van der Waals surface area contributed by atoms with Crippen LogP contribution in [0.1, 0.15) is 51.4 Å². The Bertz CT molecular complexity index is 453. The van der Waals surface area contributed by atoms with Crippen molar-refractivity contribution in [3.8, 4) is 0 Å². The molecule has 0 unspecified atom stereocenters. The van der Waals surface area contributed by atoms with Crippen LogP contribution in [0.15, 0.2) is 16.3 Å². The first-order valence-corrected chi connectivity index (χ1v) is 8.91. The van der Waals surface area contributed by atoms with E-state index < -0.39 is 7.25 Å². The molecule has 0 amide bonds. The van der Waals surface area contributed by atoms with Gasteiger partial charge in [-0.2, -0.15) is 0 Å². The Balaban J connectivity index is 0.000000368. The van der Waals surface area contributed by atoms with Crippen LogP contribution in [-0.4, -0.2) is 50.7 Å². The van der Waals surface area contributed by atoms with E-state index in [1.807, 2.05) is 0 Å². The minimum Gasteiger partial charge on any atom is -0.418 e. The number of rotatable bonds is 2. The van der Waals surface area contributed by atoms with Gasteiger partial charge in [-0.25, -0.2) is 0 Å². The van der Waals surface area contributed by atoms with Gasteiger partial charge in [0.05, 0.1) is 13.2 Å². The van der Waals surface area contributed by atoms with Crippen molar-refractivity contribution in [2.75, 3.05) is 32.8 Å². The fraction of sp³-hybridized carbons (Fsp3) is 0.812. The lowest BCUT2D eigenvalue weighted by atomic mass is 9.90. The average molecular weight is 349 g/mol. The Morgan fingerprint density at radius 1 is 0.833 bits per heavy atom. The van der Waals surface area contributed by atoms with Gasteiger partial charge in [-0.05, 0) is 50.5 Å². The molecule has 2 heterocycles. The third-order valence-electron chi connectivity index (χ3n) is 4.55. The summed E-state index contributed by atoms with van der Waals surface area (Å²) in [5, 5.41) is 0. The van der Waals surface area contributed by atoms with Crippen molar-refractivity contribution in [1.29, 1.82) is 0 Å². The SMILES string of the molecule is C1CCN=C(C2=C(N3CCOCC3)CCCC2)CC1.F[B-](F)(F)F. The zero-order valence-electron chi connectivity index (χ0n) is 14.1. The van der Waals surface area contributed by atoms with Gasteiger partial charge in [-0.1, -0.05) is 6.42 Å². The smallest absolute Gasteiger partial charge is 0.418 e. The number of hydrogen-bond acceptors (Lipinski definition) is 3. The van der Waals surface area contributed by atoms with Gasteiger partial charge >= 0.3 is 7.25 Å². The summed E-state index contributed by atoms with van der Waals surface area (Å²) >= 11 is 0. The molecule has 1 aliphatic carbocycles. The summed E-state index contributed by atoms with van der Waals surface area (Å²) in [5.74, 6) is 0. The largest absolute Gasteiger partial charge is 0.673 e. The predicted molar refractivity (Wildman–Crippen MR) is 88.8 cm³/mol. The van der Waals surface area contributed by atoms with Gasteiger partial charge in [0.2, 0.25) is 0 Å². The molecule has 2 aliphatic heterocycles. The number of ether oxygens (including phenoxy) is 1. The van der Waals surface area contributed by atoms with Gasteiger partial charge in [0.25, 0.3) is 0 Å². The van der Waals surface area contributed by atoms with Crippen LogP contribution in [0.4, 0.5) is 17.3 Å². The molecule has 0 aromatic rings. The first-order chi connectivity index (χ1) is 11.4. The molecular formula is C16H26BF4N2O-. The van der Waals surface area contributed by atoms with E-state index in [0.717, 1.165) is 32.8 Å². The van der Waals surface area contributed by atoms with Crippen LogP contribution < -0.4 is 0 Å². The lowest BCUT2D eigenvalue weighted by Crippen LogP contribution is -2.37. The summed E-state index contributed by atoms with van der Waals surface area (Å²) < 4.78 is 44.5. The molecule has 3 nitrogen and oxygen atoms in total. The predicted octanol–water partition coefficient (Wildman–Crippen LogP) is 4.46. The van der Waals surface area contributed by atoms with E-state index in [4.69, 9.17) is 9.73 Å². The van der Waals surface area contributed by atoms with E-state index in [2.05, 4.69) is 4.90 Å². The molecule has 0 spiro atoms. The molecule has 0 aromatic heterocycles. The number of allylic oxidation sites excluding steroid dienone is 2. The summed E-state index contributed by atoms with van der Waals surface area (Å²) in [4.78, 5) is 7.47. The zero-order valence-corrected chi connectivity index (χ0v) is 14.1. The molecule has 0 saturated carbocycles. The molecule has 0 bridgehead atoms. The quantitative estimate of drug-likeness (QED) is 0.543. The van der Waals surface area contributed by atoms with Crippen molar-refractivity contribution in [3.63, 3.8) is 0 Å². The average Bonchev–Trinajstić information content (AvgIpc) is 2.83. The van der Waals surface area contributed by atoms with Gasteiger partial charge in [-0.15, -0.1) is 0 Å². The molecule has 3 aliphatic rings. The van der Waals surface area contributed by atoms with E-state index in [9.17, 15) is 17.3 Å². The monoisotopic (exact) mass is 349 g/mol. The third-order valence-corrected chi connectivity index (χ3v) is 4.55. The van der Waals surface area contributed by atoms with E-state index in [-0.39, 0.29) is 0 Å². The minimum absolute atomic E-state index is 0.892. The van der Waals surface area contributed by atoms with Crippen molar-refractivity contribution in [2.45, 2.75) is 51.4 Å². The van der Waals surface area contributed by atoms with Crippen LogP contribution in [0.5, 0.6) is 0 Å². The maximum absolute atomic E-state index is 9.75. The van der Waals surface area contributed by atoms with E-state index in [1.54, 1.807) is 11.3 Å². The highest BCUT2D eigenvalue weighted by atomic mass is 19.5. The number of aliphatic imine (C=N–C) groups is 1. The lowest BCUT2D eigenvalue weighted by Gasteiger charge is -2.35. The Kier molecular flexibility index (Phi) is 7.59. The van der Waals surface area contributed by atoms with Crippen molar-refractivity contribution >= 4 is 13.0 Å². The number of nitrogens with zero attached hydrogens (tertiary/aromatic N) is 2. The number of morpholine rings is 1. The van der Waals surface area contributed by atoms with Gasteiger partial charge in [0, 0.05) is 31.0 Å². The standard InChI is InChI=1S/C16H26N2O.BF4/c1-2-7-15(17-9-5-1)14-6-3-4-8-16(14)18-10-12-19-13-11-18;2-1(3,4)5/h1-13H2;/q;-1. The van der Waals surface area contributed by atoms with Crippen molar-refractivity contribution in [1.82, 2.24) is 4.90 Å². The van der Waals surface area contributed by atoms with Crippen LogP contribution >= 0.6 is 0 Å². The maximum atomic E-state index is 9.75. The molecule has 0 atom stereocenters. The second-order valence-corrected chi connectivity index (χ2v) is 6.37. The second-order valence-electron chi connectivity index (χ2n) is 6.37. The van der Waals surface area contributed by atoms with Crippen molar-refractivity contribution in [2.24, 2.45) is 4.99 Å².